The molecular weight excluding hydrogens is 236 g/mol. The lowest BCUT2D eigenvalue weighted by Crippen LogP contribution is -2.54. The summed E-state index contributed by atoms with van der Waals surface area (Å²) in [6.07, 6.45) is 12.4. The molecule has 2 heterocycles. The van der Waals surface area contributed by atoms with Crippen LogP contribution in [0.15, 0.2) is 0 Å². The number of amides is 1. The maximum atomic E-state index is 12.8. The molecule has 2 atom stereocenters. The van der Waals surface area contributed by atoms with Gasteiger partial charge in [-0.3, -0.25) is 4.79 Å². The van der Waals surface area contributed by atoms with Crippen molar-refractivity contribution in [2.24, 2.45) is 5.92 Å². The lowest BCUT2D eigenvalue weighted by molar-refractivity contribution is -0.141. The van der Waals surface area contributed by atoms with Crippen molar-refractivity contribution in [1.82, 2.24) is 10.2 Å². The van der Waals surface area contributed by atoms with Crippen LogP contribution in [0.2, 0.25) is 0 Å². The molecule has 108 valence electrons. The number of hydrogen-bond acceptors (Lipinski definition) is 2. The largest absolute Gasteiger partial charge is 0.338 e. The quantitative estimate of drug-likeness (QED) is 0.831. The molecule has 0 aromatic heterocycles. The second-order valence-corrected chi connectivity index (χ2v) is 6.63. The van der Waals surface area contributed by atoms with Gasteiger partial charge in [0.25, 0.3) is 0 Å². The molecule has 0 aromatic rings. The van der Waals surface area contributed by atoms with Gasteiger partial charge in [0.2, 0.25) is 5.91 Å². The van der Waals surface area contributed by atoms with Gasteiger partial charge in [0.1, 0.15) is 0 Å². The summed E-state index contributed by atoms with van der Waals surface area (Å²) in [6, 6.07) is 1.07. The van der Waals surface area contributed by atoms with E-state index in [2.05, 4.69) is 10.2 Å². The highest BCUT2D eigenvalue weighted by Gasteiger charge is 2.36. The Kier molecular flexibility index (Phi) is 4.42. The van der Waals surface area contributed by atoms with Gasteiger partial charge in [-0.15, -0.1) is 0 Å². The Morgan fingerprint density at radius 3 is 2.42 bits per heavy atom. The maximum absolute atomic E-state index is 12.8. The normalized spacial score (nSPS) is 33.6. The van der Waals surface area contributed by atoms with Crippen LogP contribution in [0.25, 0.3) is 0 Å². The Morgan fingerprint density at radius 1 is 0.895 bits per heavy atom. The van der Waals surface area contributed by atoms with Crippen LogP contribution in [0.1, 0.15) is 64.2 Å². The third-order valence-electron chi connectivity index (χ3n) is 5.35. The van der Waals surface area contributed by atoms with E-state index in [1.165, 1.54) is 51.4 Å². The van der Waals surface area contributed by atoms with E-state index in [0.717, 1.165) is 25.9 Å². The Hall–Kier alpha value is -0.570. The van der Waals surface area contributed by atoms with Crippen LogP contribution in [-0.2, 0) is 4.79 Å². The summed E-state index contributed by atoms with van der Waals surface area (Å²) in [5.74, 6) is 0.828. The average Bonchev–Trinajstić information content (AvgIpc) is 3.01. The van der Waals surface area contributed by atoms with Crippen molar-refractivity contribution in [2.75, 3.05) is 13.1 Å². The lowest BCUT2D eigenvalue weighted by atomic mass is 9.86. The van der Waals surface area contributed by atoms with Crippen molar-refractivity contribution in [3.05, 3.63) is 0 Å². The predicted molar refractivity (Wildman–Crippen MR) is 77.0 cm³/mol. The Balaban J connectivity index is 1.66. The van der Waals surface area contributed by atoms with E-state index in [9.17, 15) is 4.79 Å². The highest BCUT2D eigenvalue weighted by atomic mass is 16.2. The molecule has 2 unspecified atom stereocenters. The van der Waals surface area contributed by atoms with Gasteiger partial charge >= 0.3 is 0 Å². The van der Waals surface area contributed by atoms with Gasteiger partial charge in [0.15, 0.2) is 0 Å². The fourth-order valence-corrected chi connectivity index (χ4v) is 4.27. The van der Waals surface area contributed by atoms with E-state index < -0.39 is 0 Å². The van der Waals surface area contributed by atoms with Crippen LogP contribution in [0.5, 0.6) is 0 Å². The summed E-state index contributed by atoms with van der Waals surface area (Å²) in [4.78, 5) is 15.1. The molecular formula is C16H28N2O. The zero-order valence-electron chi connectivity index (χ0n) is 12.1. The first-order chi connectivity index (χ1) is 9.36. The molecule has 2 aliphatic heterocycles. The van der Waals surface area contributed by atoms with E-state index in [1.807, 2.05) is 0 Å². The number of nitrogens with zero attached hydrogens (tertiary/aromatic N) is 1. The minimum atomic E-state index is 0.343. The number of carbonyl (C=O) groups is 1. The zero-order valence-corrected chi connectivity index (χ0v) is 12.1. The lowest BCUT2D eigenvalue weighted by Gasteiger charge is -2.41. The first-order valence-corrected chi connectivity index (χ1v) is 8.40. The molecule has 19 heavy (non-hydrogen) atoms. The topological polar surface area (TPSA) is 32.3 Å². The number of likely N-dealkylation sites (tertiary alicyclic amines) is 1. The molecule has 0 spiro atoms. The molecule has 3 nitrogen and oxygen atoms in total. The second-order valence-electron chi connectivity index (χ2n) is 6.63. The molecule has 1 amide bonds. The van der Waals surface area contributed by atoms with Crippen LogP contribution >= 0.6 is 0 Å². The Labute approximate surface area is 117 Å². The van der Waals surface area contributed by atoms with Gasteiger partial charge in [-0.2, -0.15) is 0 Å². The van der Waals surface area contributed by atoms with Crippen molar-refractivity contribution in [3.8, 4) is 0 Å². The van der Waals surface area contributed by atoms with Gasteiger partial charge in [0.05, 0.1) is 0 Å². The molecule has 3 aliphatic rings. The molecule has 0 bridgehead atoms. The van der Waals surface area contributed by atoms with Gasteiger partial charge in [-0.25, -0.2) is 0 Å². The molecule has 1 N–H and O–H groups in total. The van der Waals surface area contributed by atoms with Crippen molar-refractivity contribution < 1.29 is 4.79 Å². The summed E-state index contributed by atoms with van der Waals surface area (Å²) >= 11 is 0. The first kappa shape index (κ1) is 13.4. The molecule has 0 radical (unpaired) electrons. The highest BCUT2D eigenvalue weighted by molar-refractivity contribution is 5.79. The Bertz CT molecular complexity index is 306. The fraction of sp³-hybridized carbons (Fsp3) is 0.938. The van der Waals surface area contributed by atoms with E-state index in [4.69, 9.17) is 0 Å². The summed E-state index contributed by atoms with van der Waals surface area (Å²) in [6.45, 7) is 2.16. The van der Waals surface area contributed by atoms with Crippen LogP contribution in [0.4, 0.5) is 0 Å². The van der Waals surface area contributed by atoms with Crippen LogP contribution in [0, 0.1) is 5.92 Å². The minimum Gasteiger partial charge on any atom is -0.338 e. The number of hydrogen-bond donors (Lipinski definition) is 1. The van der Waals surface area contributed by atoms with Crippen molar-refractivity contribution in [2.45, 2.75) is 76.3 Å². The molecule has 3 fully saturated rings. The van der Waals surface area contributed by atoms with E-state index >= 15 is 0 Å². The van der Waals surface area contributed by atoms with E-state index in [-0.39, 0.29) is 0 Å². The summed E-state index contributed by atoms with van der Waals surface area (Å²) < 4.78 is 0. The van der Waals surface area contributed by atoms with Gasteiger partial charge in [0, 0.05) is 24.5 Å². The number of piperidine rings is 1. The van der Waals surface area contributed by atoms with Gasteiger partial charge < -0.3 is 10.2 Å². The fourth-order valence-electron chi connectivity index (χ4n) is 4.27. The Morgan fingerprint density at radius 2 is 1.68 bits per heavy atom. The summed E-state index contributed by atoms with van der Waals surface area (Å²) in [7, 11) is 0. The molecule has 2 saturated heterocycles. The van der Waals surface area contributed by atoms with Crippen molar-refractivity contribution in [3.63, 3.8) is 0 Å². The third-order valence-corrected chi connectivity index (χ3v) is 5.35. The highest BCUT2D eigenvalue weighted by Crippen LogP contribution is 2.30. The predicted octanol–water partition coefficient (Wildman–Crippen LogP) is 2.70. The summed E-state index contributed by atoms with van der Waals surface area (Å²) in [5, 5.41) is 3.62. The molecule has 1 saturated carbocycles. The maximum Gasteiger partial charge on any atom is 0.225 e. The zero-order chi connectivity index (χ0) is 13.1. The van der Waals surface area contributed by atoms with Crippen LogP contribution < -0.4 is 5.32 Å². The second kappa shape index (κ2) is 6.25. The molecule has 3 rings (SSSR count). The van der Waals surface area contributed by atoms with Crippen molar-refractivity contribution >= 4 is 5.91 Å². The van der Waals surface area contributed by atoms with Crippen LogP contribution in [-0.4, -0.2) is 36.0 Å². The summed E-state index contributed by atoms with van der Waals surface area (Å²) in [5.41, 5.74) is 0. The molecule has 0 aromatic carbocycles. The smallest absolute Gasteiger partial charge is 0.225 e. The molecule has 3 heteroatoms. The first-order valence-electron chi connectivity index (χ1n) is 8.40. The minimum absolute atomic E-state index is 0.343. The number of rotatable bonds is 2. The number of carbonyl (C=O) groups excluding carboxylic acids is 1. The van der Waals surface area contributed by atoms with E-state index in [1.54, 1.807) is 0 Å². The van der Waals surface area contributed by atoms with Crippen molar-refractivity contribution in [1.29, 1.82) is 0 Å². The molecule has 1 aliphatic carbocycles. The standard InChI is InChI=1S/C16H28N2O/c19-16(13-7-2-1-3-8-13)18-12-5-4-10-15(18)14-9-6-11-17-14/h13-15,17H,1-12H2. The van der Waals surface area contributed by atoms with Gasteiger partial charge in [-0.05, 0) is 51.5 Å². The average molecular weight is 264 g/mol. The monoisotopic (exact) mass is 264 g/mol. The van der Waals surface area contributed by atoms with Gasteiger partial charge in [-0.1, -0.05) is 19.3 Å². The SMILES string of the molecule is O=C(C1CCCCC1)N1CCCCC1C1CCCN1. The number of nitrogens with one attached hydrogen (secondary N) is 1. The third kappa shape index (κ3) is 2.96. The van der Waals surface area contributed by atoms with Crippen LogP contribution in [0.3, 0.4) is 0 Å². The van der Waals surface area contributed by atoms with E-state index in [0.29, 0.717) is 23.9 Å².